The highest BCUT2D eigenvalue weighted by atomic mass is 79.9. The van der Waals surface area contributed by atoms with E-state index in [1.54, 1.807) is 6.92 Å². The van der Waals surface area contributed by atoms with Crippen LogP contribution < -0.4 is 0 Å². The number of aliphatic hydroxyl groups excluding tert-OH is 1. The molecule has 0 saturated carbocycles. The van der Waals surface area contributed by atoms with Crippen LogP contribution in [0.15, 0.2) is 10.5 Å². The lowest BCUT2D eigenvalue weighted by atomic mass is 10.2. The van der Waals surface area contributed by atoms with Crippen LogP contribution in [0.3, 0.4) is 0 Å². The normalized spacial score (nSPS) is 10.9. The van der Waals surface area contributed by atoms with Crippen LogP contribution in [0.25, 0.3) is 0 Å². The fourth-order valence-corrected chi connectivity index (χ4v) is 1.30. The van der Waals surface area contributed by atoms with Gasteiger partial charge in [0.15, 0.2) is 0 Å². The summed E-state index contributed by atoms with van der Waals surface area (Å²) in [6.45, 7) is 1.21. The summed E-state index contributed by atoms with van der Waals surface area (Å²) in [6, 6.07) is 1.29. The Bertz CT molecular complexity index is 317. The minimum atomic E-state index is -2.61. The van der Waals surface area contributed by atoms with Crippen LogP contribution in [0.5, 0.6) is 0 Å². The van der Waals surface area contributed by atoms with Gasteiger partial charge in [0, 0.05) is 10.0 Å². The molecule has 0 unspecified atom stereocenters. The molecule has 5 heteroatoms. The van der Waals surface area contributed by atoms with Gasteiger partial charge in [-0.3, -0.25) is 4.98 Å². The van der Waals surface area contributed by atoms with Crippen molar-refractivity contribution in [2.24, 2.45) is 0 Å². The van der Waals surface area contributed by atoms with Crippen LogP contribution in [0, 0.1) is 6.92 Å². The van der Waals surface area contributed by atoms with E-state index in [0.29, 0.717) is 10.2 Å². The predicted molar refractivity (Wildman–Crippen MR) is 47.6 cm³/mol. The highest BCUT2D eigenvalue weighted by molar-refractivity contribution is 9.10. The number of aliphatic hydroxyl groups is 1. The first kappa shape index (κ1) is 10.5. The molecule has 0 aliphatic carbocycles. The number of hydrogen-bond donors (Lipinski definition) is 1. The summed E-state index contributed by atoms with van der Waals surface area (Å²) in [6.07, 6.45) is -2.61. The Morgan fingerprint density at radius 3 is 2.69 bits per heavy atom. The summed E-state index contributed by atoms with van der Waals surface area (Å²) >= 11 is 3.10. The van der Waals surface area contributed by atoms with Crippen molar-refractivity contribution >= 4 is 15.9 Å². The number of aromatic nitrogens is 1. The summed E-state index contributed by atoms with van der Waals surface area (Å²) in [5.41, 5.74) is 0.407. The van der Waals surface area contributed by atoms with E-state index in [1.807, 2.05) is 0 Å². The van der Waals surface area contributed by atoms with E-state index in [2.05, 4.69) is 20.9 Å². The standard InChI is InChI=1S/C8H8BrF2NO/c1-4-6(9)2-5(8(10)11)7(3-13)12-4/h2,8,13H,3H2,1H3. The third-order valence-corrected chi connectivity index (χ3v) is 2.45. The second kappa shape index (κ2) is 4.11. The molecule has 0 fully saturated rings. The maximum Gasteiger partial charge on any atom is 0.265 e. The van der Waals surface area contributed by atoms with Crippen LogP contribution in [0.2, 0.25) is 0 Å². The van der Waals surface area contributed by atoms with Crippen molar-refractivity contribution in [2.45, 2.75) is 20.0 Å². The minimum absolute atomic E-state index is 0.0377. The lowest BCUT2D eigenvalue weighted by Crippen LogP contribution is -2.00. The smallest absolute Gasteiger partial charge is 0.265 e. The first-order chi connectivity index (χ1) is 6.06. The third-order valence-electron chi connectivity index (χ3n) is 1.65. The summed E-state index contributed by atoms with van der Waals surface area (Å²) in [5.74, 6) is 0. The fraction of sp³-hybridized carbons (Fsp3) is 0.375. The van der Waals surface area contributed by atoms with Crippen LogP contribution in [-0.2, 0) is 6.61 Å². The number of aryl methyl sites for hydroxylation is 1. The van der Waals surface area contributed by atoms with E-state index in [1.165, 1.54) is 6.07 Å². The first-order valence-electron chi connectivity index (χ1n) is 3.61. The van der Waals surface area contributed by atoms with Gasteiger partial charge < -0.3 is 5.11 Å². The summed E-state index contributed by atoms with van der Waals surface area (Å²) in [7, 11) is 0. The topological polar surface area (TPSA) is 33.1 Å². The molecule has 0 amide bonds. The zero-order valence-corrected chi connectivity index (χ0v) is 8.48. The van der Waals surface area contributed by atoms with E-state index < -0.39 is 13.0 Å². The molecular weight excluding hydrogens is 244 g/mol. The second-order valence-corrected chi connectivity index (χ2v) is 3.40. The molecule has 1 N–H and O–H groups in total. The van der Waals surface area contributed by atoms with Gasteiger partial charge in [0.1, 0.15) is 0 Å². The van der Waals surface area contributed by atoms with Gasteiger partial charge in [0.2, 0.25) is 0 Å². The number of rotatable bonds is 2. The van der Waals surface area contributed by atoms with Gasteiger partial charge >= 0.3 is 0 Å². The van der Waals surface area contributed by atoms with Gasteiger partial charge in [-0.15, -0.1) is 0 Å². The average Bonchev–Trinajstić information content (AvgIpc) is 2.08. The molecule has 13 heavy (non-hydrogen) atoms. The van der Waals surface area contributed by atoms with Crippen molar-refractivity contribution in [1.29, 1.82) is 0 Å². The summed E-state index contributed by atoms with van der Waals surface area (Å²) in [5, 5.41) is 8.77. The number of alkyl halides is 2. The third kappa shape index (κ3) is 2.22. The highest BCUT2D eigenvalue weighted by Crippen LogP contribution is 2.26. The van der Waals surface area contributed by atoms with Gasteiger partial charge in [0.05, 0.1) is 18.0 Å². The molecule has 0 atom stereocenters. The fourth-order valence-electron chi connectivity index (χ4n) is 0.960. The molecule has 0 spiro atoms. The van der Waals surface area contributed by atoms with Crippen LogP contribution >= 0.6 is 15.9 Å². The van der Waals surface area contributed by atoms with Crippen LogP contribution in [0.4, 0.5) is 8.78 Å². The molecule has 0 aliphatic heterocycles. The summed E-state index contributed by atoms with van der Waals surface area (Å²) in [4.78, 5) is 3.84. The van der Waals surface area contributed by atoms with Crippen molar-refractivity contribution in [2.75, 3.05) is 0 Å². The van der Waals surface area contributed by atoms with E-state index >= 15 is 0 Å². The Balaban J connectivity index is 3.25. The second-order valence-electron chi connectivity index (χ2n) is 2.55. The van der Waals surface area contributed by atoms with E-state index in [4.69, 9.17) is 5.11 Å². The van der Waals surface area contributed by atoms with Crippen molar-refractivity contribution < 1.29 is 13.9 Å². The zero-order valence-electron chi connectivity index (χ0n) is 6.89. The Labute approximate surface area is 82.7 Å². The molecule has 1 aromatic rings. The van der Waals surface area contributed by atoms with Gasteiger partial charge in [0.25, 0.3) is 6.43 Å². The van der Waals surface area contributed by atoms with Gasteiger partial charge in [-0.2, -0.15) is 0 Å². The summed E-state index contributed by atoms with van der Waals surface area (Å²) < 4.78 is 25.2. The quantitative estimate of drug-likeness (QED) is 0.877. The number of hydrogen-bond acceptors (Lipinski definition) is 2. The van der Waals surface area contributed by atoms with E-state index in [9.17, 15) is 8.78 Å². The molecule has 1 aromatic heterocycles. The molecule has 0 radical (unpaired) electrons. The zero-order chi connectivity index (χ0) is 10.0. The lowest BCUT2D eigenvalue weighted by molar-refractivity contribution is 0.146. The Kier molecular flexibility index (Phi) is 3.33. The van der Waals surface area contributed by atoms with Crippen LogP contribution in [-0.4, -0.2) is 10.1 Å². The highest BCUT2D eigenvalue weighted by Gasteiger charge is 2.15. The molecule has 2 nitrogen and oxygen atoms in total. The molecule has 0 aromatic carbocycles. The van der Waals surface area contributed by atoms with Crippen LogP contribution in [0.1, 0.15) is 23.4 Å². The van der Waals surface area contributed by atoms with Crippen molar-refractivity contribution in [3.8, 4) is 0 Å². The molecule has 0 aliphatic rings. The van der Waals surface area contributed by atoms with Crippen molar-refractivity contribution in [3.63, 3.8) is 0 Å². The Hall–Kier alpha value is -0.550. The van der Waals surface area contributed by atoms with Gasteiger partial charge in [-0.1, -0.05) is 0 Å². The molecule has 0 bridgehead atoms. The average molecular weight is 252 g/mol. The molecule has 0 saturated heterocycles. The first-order valence-corrected chi connectivity index (χ1v) is 4.40. The largest absolute Gasteiger partial charge is 0.390 e. The molecule has 1 heterocycles. The maximum absolute atomic E-state index is 12.4. The number of nitrogens with zero attached hydrogens (tertiary/aromatic N) is 1. The monoisotopic (exact) mass is 251 g/mol. The van der Waals surface area contributed by atoms with Gasteiger partial charge in [-0.25, -0.2) is 8.78 Å². The molecule has 1 rings (SSSR count). The van der Waals surface area contributed by atoms with E-state index in [-0.39, 0.29) is 11.3 Å². The predicted octanol–water partition coefficient (Wildman–Crippen LogP) is 2.58. The Morgan fingerprint density at radius 2 is 2.23 bits per heavy atom. The van der Waals surface area contributed by atoms with E-state index in [0.717, 1.165) is 0 Å². The van der Waals surface area contributed by atoms with Gasteiger partial charge in [-0.05, 0) is 28.9 Å². The number of pyridine rings is 1. The molecular formula is C8H8BrF2NO. The number of halogens is 3. The minimum Gasteiger partial charge on any atom is -0.390 e. The maximum atomic E-state index is 12.4. The Morgan fingerprint density at radius 1 is 1.62 bits per heavy atom. The molecule has 72 valence electrons. The van der Waals surface area contributed by atoms with Crippen molar-refractivity contribution in [1.82, 2.24) is 4.98 Å². The SMILES string of the molecule is Cc1nc(CO)c(C(F)F)cc1Br. The van der Waals surface area contributed by atoms with Crippen molar-refractivity contribution in [3.05, 3.63) is 27.5 Å². The lowest BCUT2D eigenvalue weighted by Gasteiger charge is -2.07.